The van der Waals surface area contributed by atoms with Crippen LogP contribution in [0.1, 0.15) is 27.0 Å². The number of amides is 1. The molecule has 0 aliphatic carbocycles. The van der Waals surface area contributed by atoms with Crippen LogP contribution in [0.2, 0.25) is 10.0 Å². The van der Waals surface area contributed by atoms with Crippen LogP contribution >= 0.6 is 34.5 Å². The van der Waals surface area contributed by atoms with Crippen molar-refractivity contribution < 1.29 is 19.1 Å². The summed E-state index contributed by atoms with van der Waals surface area (Å²) in [5.41, 5.74) is 1.90. The average molecular weight is 539 g/mol. The van der Waals surface area contributed by atoms with E-state index in [0.717, 1.165) is 5.56 Å². The lowest BCUT2D eigenvalue weighted by atomic mass is 9.94. The first kappa shape index (κ1) is 24.2. The van der Waals surface area contributed by atoms with Gasteiger partial charge in [-0.2, -0.15) is 0 Å². The van der Waals surface area contributed by atoms with Crippen LogP contribution in [0.25, 0.3) is 10.6 Å². The molecule has 0 bridgehead atoms. The molecular weight excluding hydrogens is 522 g/mol. The molecule has 36 heavy (non-hydrogen) atoms. The van der Waals surface area contributed by atoms with Gasteiger partial charge in [0.1, 0.15) is 10.8 Å². The molecule has 1 aliphatic heterocycles. The highest BCUT2D eigenvalue weighted by Crippen LogP contribution is 2.44. The maximum absolute atomic E-state index is 13.9. The van der Waals surface area contributed by atoms with Crippen molar-refractivity contribution in [2.75, 3.05) is 4.90 Å². The van der Waals surface area contributed by atoms with Gasteiger partial charge in [0.15, 0.2) is 5.76 Å². The van der Waals surface area contributed by atoms with E-state index in [1.807, 2.05) is 30.3 Å². The highest BCUT2D eigenvalue weighted by Gasteiger charge is 2.45. The fourth-order valence-electron chi connectivity index (χ4n) is 4.18. The number of ketones is 1. The Hall–Kier alpha value is -3.52. The molecule has 5 rings (SSSR count). The maximum atomic E-state index is 13.9. The zero-order valence-corrected chi connectivity index (χ0v) is 21.0. The van der Waals surface area contributed by atoms with Gasteiger partial charge in [0.2, 0.25) is 5.78 Å². The van der Waals surface area contributed by atoms with E-state index in [1.165, 1.54) is 58.7 Å². The molecule has 0 fully saturated rings. The first-order valence-electron chi connectivity index (χ1n) is 10.8. The molecule has 1 unspecified atom stereocenters. The second kappa shape index (κ2) is 9.50. The number of aryl methyl sites for hydroxylation is 1. The van der Waals surface area contributed by atoms with Crippen molar-refractivity contribution in [2.45, 2.75) is 13.0 Å². The summed E-state index contributed by atoms with van der Waals surface area (Å²) < 4.78 is 13.7. The summed E-state index contributed by atoms with van der Waals surface area (Å²) in [5.74, 6) is -2.51. The first-order chi connectivity index (χ1) is 17.2. The number of aromatic nitrogens is 1. The van der Waals surface area contributed by atoms with Crippen LogP contribution in [-0.2, 0) is 4.79 Å². The van der Waals surface area contributed by atoms with Gasteiger partial charge in [-0.15, -0.1) is 11.3 Å². The molecular formula is C27H17Cl2FN2O3S. The molecule has 1 aromatic heterocycles. The van der Waals surface area contributed by atoms with Gasteiger partial charge in [-0.1, -0.05) is 65.7 Å². The lowest BCUT2D eigenvalue weighted by Crippen LogP contribution is -2.31. The number of hydrogen-bond donors (Lipinski definition) is 1. The Morgan fingerprint density at radius 2 is 1.67 bits per heavy atom. The van der Waals surface area contributed by atoms with Crippen molar-refractivity contribution in [3.05, 3.63) is 116 Å². The van der Waals surface area contributed by atoms with E-state index in [1.54, 1.807) is 6.92 Å². The second-order valence-corrected chi connectivity index (χ2v) is 10.0. The lowest BCUT2D eigenvalue weighted by molar-refractivity contribution is -0.117. The predicted molar refractivity (Wildman–Crippen MR) is 139 cm³/mol. The number of Topliss-reactive ketones (excluding diaryl/α,β-unsaturated/α-hetero) is 1. The number of carbonyl (C=O) groups is 2. The number of nitrogens with zero attached hydrogens (tertiary/aromatic N) is 2. The molecule has 0 saturated carbocycles. The molecule has 5 nitrogen and oxygen atoms in total. The van der Waals surface area contributed by atoms with Crippen LogP contribution in [0.4, 0.5) is 10.1 Å². The van der Waals surface area contributed by atoms with Crippen LogP contribution in [0.5, 0.6) is 0 Å². The minimum Gasteiger partial charge on any atom is -0.503 e. The van der Waals surface area contributed by atoms with Crippen LogP contribution in [-0.4, -0.2) is 21.8 Å². The Morgan fingerprint density at radius 3 is 2.31 bits per heavy atom. The minimum absolute atomic E-state index is 0.130. The van der Waals surface area contributed by atoms with E-state index >= 15 is 0 Å². The van der Waals surface area contributed by atoms with Crippen LogP contribution in [0.3, 0.4) is 0 Å². The van der Waals surface area contributed by atoms with Gasteiger partial charge >= 0.3 is 0 Å². The molecule has 1 amide bonds. The first-order valence-corrected chi connectivity index (χ1v) is 12.4. The van der Waals surface area contributed by atoms with Gasteiger partial charge in [0.25, 0.3) is 5.91 Å². The molecule has 1 aliphatic rings. The maximum Gasteiger partial charge on any atom is 0.294 e. The molecule has 2 heterocycles. The number of carbonyl (C=O) groups excluding carboxylic acids is 2. The van der Waals surface area contributed by atoms with Gasteiger partial charge in [0.05, 0.1) is 22.2 Å². The van der Waals surface area contributed by atoms with Gasteiger partial charge in [-0.25, -0.2) is 9.37 Å². The lowest BCUT2D eigenvalue weighted by Gasteiger charge is -2.27. The molecule has 180 valence electrons. The van der Waals surface area contributed by atoms with E-state index in [4.69, 9.17) is 23.2 Å². The van der Waals surface area contributed by atoms with Crippen LogP contribution in [0, 0.1) is 12.7 Å². The number of halogens is 3. The van der Waals surface area contributed by atoms with E-state index in [-0.39, 0.29) is 21.3 Å². The van der Waals surface area contributed by atoms with E-state index in [0.29, 0.717) is 21.1 Å². The molecule has 9 heteroatoms. The topological polar surface area (TPSA) is 70.5 Å². The van der Waals surface area contributed by atoms with Gasteiger partial charge in [-0.05, 0) is 42.8 Å². The highest BCUT2D eigenvalue weighted by molar-refractivity contribution is 7.17. The van der Waals surface area contributed by atoms with Crippen LogP contribution in [0.15, 0.2) is 84.1 Å². The Kier molecular flexibility index (Phi) is 6.38. The molecule has 1 atom stereocenters. The van der Waals surface area contributed by atoms with Gasteiger partial charge in [-0.3, -0.25) is 14.5 Å². The quantitative estimate of drug-likeness (QED) is 0.269. The SMILES string of the molecule is Cc1nc(-c2ccccc2)sc1C(=O)C1=C(O)C(=O)N(c2cc(Cl)cc(Cl)c2)C1c1ccc(F)cc1. The van der Waals surface area contributed by atoms with E-state index in [2.05, 4.69) is 4.98 Å². The standard InChI is InChI=1S/C27H17Cl2FN2O3S/c1-14-25(36-26(31-14)16-5-3-2-4-6-16)23(33)21-22(15-7-9-19(30)10-8-15)32(27(35)24(21)34)20-12-17(28)11-18(29)13-20/h2-13,22,34H,1H3. The highest BCUT2D eigenvalue weighted by atomic mass is 35.5. The Balaban J connectivity index is 1.65. The van der Waals surface area contributed by atoms with Crippen molar-refractivity contribution >= 4 is 51.9 Å². The largest absolute Gasteiger partial charge is 0.503 e. The third kappa shape index (κ3) is 4.30. The summed E-state index contributed by atoms with van der Waals surface area (Å²) >= 11 is 13.5. The van der Waals surface area contributed by atoms with Gasteiger partial charge < -0.3 is 5.11 Å². The third-order valence-corrected chi connectivity index (χ3v) is 7.43. The number of rotatable bonds is 5. The number of aliphatic hydroxyl groups is 1. The molecule has 3 aromatic carbocycles. The molecule has 0 radical (unpaired) electrons. The fourth-order valence-corrected chi connectivity index (χ4v) is 5.72. The summed E-state index contributed by atoms with van der Waals surface area (Å²) in [7, 11) is 0. The number of thiazole rings is 1. The monoisotopic (exact) mass is 538 g/mol. The van der Waals surface area contributed by atoms with Crippen molar-refractivity contribution in [3.8, 4) is 10.6 Å². The summed E-state index contributed by atoms with van der Waals surface area (Å²) in [6.45, 7) is 1.70. The zero-order valence-electron chi connectivity index (χ0n) is 18.7. The van der Waals surface area contributed by atoms with Gasteiger partial charge in [0, 0.05) is 21.3 Å². The van der Waals surface area contributed by atoms with Crippen molar-refractivity contribution in [1.29, 1.82) is 0 Å². The minimum atomic E-state index is -1.04. The normalized spacial score (nSPS) is 15.6. The van der Waals surface area contributed by atoms with Crippen molar-refractivity contribution in [1.82, 2.24) is 4.98 Å². The molecule has 1 N–H and O–H groups in total. The molecule has 0 spiro atoms. The average Bonchev–Trinajstić information content (AvgIpc) is 3.36. The Labute approximate surface area is 220 Å². The predicted octanol–water partition coefficient (Wildman–Crippen LogP) is 7.35. The number of benzene rings is 3. The van der Waals surface area contributed by atoms with Crippen LogP contribution < -0.4 is 4.90 Å². The third-order valence-electron chi connectivity index (χ3n) is 5.79. The zero-order chi connectivity index (χ0) is 25.6. The summed E-state index contributed by atoms with van der Waals surface area (Å²) in [6, 6.07) is 18.3. The Morgan fingerprint density at radius 1 is 1.03 bits per heavy atom. The van der Waals surface area contributed by atoms with Crippen molar-refractivity contribution in [2.24, 2.45) is 0 Å². The summed E-state index contributed by atoms with van der Waals surface area (Å²) in [6.07, 6.45) is 0. The smallest absolute Gasteiger partial charge is 0.294 e. The number of aliphatic hydroxyl groups excluding tert-OH is 1. The second-order valence-electron chi connectivity index (χ2n) is 8.15. The fraction of sp³-hybridized carbons (Fsp3) is 0.0741. The molecule has 4 aromatic rings. The number of hydrogen-bond acceptors (Lipinski definition) is 5. The summed E-state index contributed by atoms with van der Waals surface area (Å²) in [4.78, 5) is 33.3. The summed E-state index contributed by atoms with van der Waals surface area (Å²) in [5, 5.41) is 12.2. The Bertz CT molecular complexity index is 1510. The van der Waals surface area contributed by atoms with Crippen molar-refractivity contribution in [3.63, 3.8) is 0 Å². The van der Waals surface area contributed by atoms with E-state index in [9.17, 15) is 19.1 Å². The molecule has 0 saturated heterocycles. The number of anilines is 1. The van der Waals surface area contributed by atoms with E-state index < -0.39 is 29.3 Å².